The Morgan fingerprint density at radius 2 is 2.28 bits per heavy atom. The van der Waals surface area contributed by atoms with Gasteiger partial charge in [0.1, 0.15) is 5.82 Å². The molecule has 0 amide bonds. The number of aromatic nitrogens is 1. The van der Waals surface area contributed by atoms with Crippen molar-refractivity contribution in [2.45, 2.75) is 13.3 Å². The molecule has 0 saturated heterocycles. The number of hydrogen-bond acceptors (Lipinski definition) is 6. The lowest BCUT2D eigenvalue weighted by Gasteiger charge is -2.07. The molecule has 18 heavy (non-hydrogen) atoms. The first-order valence-corrected chi connectivity index (χ1v) is 4.78. The van der Waals surface area contributed by atoms with Crippen molar-refractivity contribution in [1.82, 2.24) is 4.98 Å². The van der Waals surface area contributed by atoms with E-state index in [1.807, 2.05) is 0 Å². The third kappa shape index (κ3) is 2.67. The van der Waals surface area contributed by atoms with Crippen LogP contribution in [0.25, 0.3) is 0 Å². The topological polar surface area (TPSA) is 108 Å². The summed E-state index contributed by atoms with van der Waals surface area (Å²) in [6.45, 7) is 1.45. The minimum absolute atomic E-state index is 0.0336. The molecule has 0 spiro atoms. The van der Waals surface area contributed by atoms with Crippen molar-refractivity contribution in [1.29, 1.82) is 0 Å². The molecule has 9 heteroatoms. The smallest absolute Gasteiger partial charge is 0.364 e. The number of carbonyl (C=O) groups excluding carboxylic acids is 1. The van der Waals surface area contributed by atoms with Gasteiger partial charge >= 0.3 is 11.7 Å². The minimum atomic E-state index is -3.02. The van der Waals surface area contributed by atoms with Gasteiger partial charge in [-0.05, 0) is 6.92 Å². The average Bonchev–Trinajstić information content (AvgIpc) is 2.27. The largest absolute Gasteiger partial charge is 0.461 e. The minimum Gasteiger partial charge on any atom is -0.461 e. The highest BCUT2D eigenvalue weighted by Gasteiger charge is 2.28. The van der Waals surface area contributed by atoms with Crippen molar-refractivity contribution in [3.63, 3.8) is 0 Å². The van der Waals surface area contributed by atoms with Crippen LogP contribution in [0.5, 0.6) is 0 Å². The fourth-order valence-corrected chi connectivity index (χ4v) is 1.20. The summed E-state index contributed by atoms with van der Waals surface area (Å²) in [6, 6.07) is 0.527. The number of esters is 1. The highest BCUT2D eigenvalue weighted by Crippen LogP contribution is 2.29. The zero-order chi connectivity index (χ0) is 13.9. The predicted molar refractivity (Wildman–Crippen MR) is 56.2 cm³/mol. The summed E-state index contributed by atoms with van der Waals surface area (Å²) in [5, 5.41) is 10.7. The Balaban J connectivity index is 3.38. The lowest BCUT2D eigenvalue weighted by Crippen LogP contribution is -2.13. The van der Waals surface area contributed by atoms with Crippen LogP contribution in [0.3, 0.4) is 0 Å². The third-order valence-corrected chi connectivity index (χ3v) is 1.96. The van der Waals surface area contributed by atoms with Crippen LogP contribution in [0, 0.1) is 10.1 Å². The van der Waals surface area contributed by atoms with Crippen molar-refractivity contribution in [3.8, 4) is 0 Å². The van der Waals surface area contributed by atoms with Crippen molar-refractivity contribution < 1.29 is 23.2 Å². The lowest BCUT2D eigenvalue weighted by molar-refractivity contribution is -0.385. The fourth-order valence-electron chi connectivity index (χ4n) is 1.20. The highest BCUT2D eigenvalue weighted by molar-refractivity contribution is 5.92. The number of anilines is 1. The van der Waals surface area contributed by atoms with Gasteiger partial charge in [0, 0.05) is 6.07 Å². The van der Waals surface area contributed by atoms with Gasteiger partial charge < -0.3 is 10.5 Å². The average molecular weight is 261 g/mol. The maximum atomic E-state index is 12.5. The third-order valence-electron chi connectivity index (χ3n) is 1.96. The van der Waals surface area contributed by atoms with Gasteiger partial charge in [0.2, 0.25) is 5.69 Å². The lowest BCUT2D eigenvalue weighted by atomic mass is 10.2. The number of carbonyl (C=O) groups is 1. The predicted octanol–water partition coefficient (Wildman–Crippen LogP) is 1.69. The van der Waals surface area contributed by atoms with Gasteiger partial charge in [0.25, 0.3) is 6.43 Å². The van der Waals surface area contributed by atoms with Crippen molar-refractivity contribution in [2.75, 3.05) is 12.3 Å². The van der Waals surface area contributed by atoms with Crippen LogP contribution in [0.15, 0.2) is 6.07 Å². The molecule has 7 nitrogen and oxygen atoms in total. The number of hydrogen-bond donors (Lipinski definition) is 1. The summed E-state index contributed by atoms with van der Waals surface area (Å²) in [5.74, 6) is -1.73. The van der Waals surface area contributed by atoms with Crippen molar-refractivity contribution in [3.05, 3.63) is 27.4 Å². The zero-order valence-electron chi connectivity index (χ0n) is 9.22. The van der Waals surface area contributed by atoms with E-state index in [1.165, 1.54) is 6.92 Å². The maximum Gasteiger partial charge on any atom is 0.364 e. The standard InChI is InChI=1S/C9H9F2N3O4/c1-2-18-9(15)6-5(14(16)17)3-4(7(10)11)8(12)13-6/h3,7H,2H2,1H3,(H2,12,13). The highest BCUT2D eigenvalue weighted by atomic mass is 19.3. The van der Waals surface area contributed by atoms with Crippen LogP contribution in [0.4, 0.5) is 20.3 Å². The van der Waals surface area contributed by atoms with Crippen molar-refractivity contribution >= 4 is 17.5 Å². The molecule has 1 aromatic rings. The first-order chi connectivity index (χ1) is 8.38. The van der Waals surface area contributed by atoms with Gasteiger partial charge in [0.05, 0.1) is 17.1 Å². The van der Waals surface area contributed by atoms with Gasteiger partial charge in [-0.15, -0.1) is 0 Å². The van der Waals surface area contributed by atoms with E-state index in [0.29, 0.717) is 6.07 Å². The Morgan fingerprint density at radius 1 is 1.67 bits per heavy atom. The number of rotatable bonds is 4. The Morgan fingerprint density at radius 3 is 2.72 bits per heavy atom. The summed E-state index contributed by atoms with van der Waals surface area (Å²) in [7, 11) is 0. The molecule has 0 aliphatic carbocycles. The van der Waals surface area contributed by atoms with E-state index in [0.717, 1.165) is 0 Å². The van der Waals surface area contributed by atoms with E-state index in [4.69, 9.17) is 5.73 Å². The van der Waals surface area contributed by atoms with Gasteiger partial charge in [-0.1, -0.05) is 0 Å². The zero-order valence-corrected chi connectivity index (χ0v) is 9.22. The molecule has 0 aromatic carbocycles. The molecule has 0 fully saturated rings. The van der Waals surface area contributed by atoms with Crippen LogP contribution in [-0.4, -0.2) is 22.5 Å². The van der Waals surface area contributed by atoms with Crippen LogP contribution in [0.2, 0.25) is 0 Å². The molecule has 0 aliphatic rings. The second-order valence-electron chi connectivity index (χ2n) is 3.11. The summed E-state index contributed by atoms with van der Waals surface area (Å²) in [4.78, 5) is 24.4. The SMILES string of the molecule is CCOC(=O)c1nc(N)c(C(F)F)cc1[N+](=O)[O-]. The summed E-state index contributed by atoms with van der Waals surface area (Å²) in [6.07, 6.45) is -3.02. The number of nitro groups is 1. The number of ether oxygens (including phenoxy) is 1. The monoisotopic (exact) mass is 261 g/mol. The number of nitrogen functional groups attached to an aromatic ring is 1. The van der Waals surface area contributed by atoms with Crippen LogP contribution < -0.4 is 5.73 Å². The molecule has 1 heterocycles. The van der Waals surface area contributed by atoms with Gasteiger partial charge in [0.15, 0.2) is 0 Å². The van der Waals surface area contributed by atoms with Crippen LogP contribution in [0.1, 0.15) is 29.4 Å². The van der Waals surface area contributed by atoms with E-state index >= 15 is 0 Å². The Kier molecular flexibility index (Phi) is 4.08. The van der Waals surface area contributed by atoms with Crippen LogP contribution in [-0.2, 0) is 4.74 Å². The first-order valence-electron chi connectivity index (χ1n) is 4.78. The molecule has 0 bridgehead atoms. The Hall–Kier alpha value is -2.32. The van der Waals surface area contributed by atoms with Crippen LogP contribution >= 0.6 is 0 Å². The van der Waals surface area contributed by atoms with E-state index in [9.17, 15) is 23.7 Å². The first kappa shape index (κ1) is 13.7. The molecule has 2 N–H and O–H groups in total. The van der Waals surface area contributed by atoms with E-state index in [2.05, 4.69) is 9.72 Å². The second-order valence-corrected chi connectivity index (χ2v) is 3.11. The van der Waals surface area contributed by atoms with Gasteiger partial charge in [-0.2, -0.15) is 0 Å². The van der Waals surface area contributed by atoms with Gasteiger partial charge in [-0.3, -0.25) is 10.1 Å². The second kappa shape index (κ2) is 5.34. The Labute approximate surface area is 99.7 Å². The van der Waals surface area contributed by atoms with E-state index in [-0.39, 0.29) is 6.61 Å². The molecule has 1 aromatic heterocycles. The quantitative estimate of drug-likeness (QED) is 0.501. The number of nitrogens with two attached hydrogens (primary N) is 1. The number of pyridine rings is 1. The number of nitrogens with zero attached hydrogens (tertiary/aromatic N) is 2. The maximum absolute atomic E-state index is 12.5. The summed E-state index contributed by atoms with van der Waals surface area (Å²) < 4.78 is 29.5. The molecule has 0 atom stereocenters. The fraction of sp³-hybridized carbons (Fsp3) is 0.333. The molecule has 0 unspecified atom stereocenters. The Bertz CT molecular complexity index is 493. The van der Waals surface area contributed by atoms with Gasteiger partial charge in [-0.25, -0.2) is 18.6 Å². The summed E-state index contributed by atoms with van der Waals surface area (Å²) in [5.41, 5.74) is 2.85. The van der Waals surface area contributed by atoms with E-state index in [1.54, 1.807) is 0 Å². The molecule has 1 rings (SSSR count). The molecular weight excluding hydrogens is 252 g/mol. The molecule has 0 saturated carbocycles. The molecular formula is C9H9F2N3O4. The molecule has 0 aliphatic heterocycles. The summed E-state index contributed by atoms with van der Waals surface area (Å²) >= 11 is 0. The number of halogens is 2. The molecule has 98 valence electrons. The van der Waals surface area contributed by atoms with Crippen molar-refractivity contribution in [2.24, 2.45) is 0 Å². The molecule has 0 radical (unpaired) electrons. The normalized spacial score (nSPS) is 10.4. The number of alkyl halides is 2. The van der Waals surface area contributed by atoms with E-state index < -0.39 is 40.1 Å².